The molecule has 1 aromatic heterocycles. The van der Waals surface area contributed by atoms with Crippen molar-refractivity contribution in [2.45, 2.75) is 37.5 Å². The number of sulfonamides is 1. The molecular formula is C16H24N2O6S. The monoisotopic (exact) mass is 372 g/mol. The van der Waals surface area contributed by atoms with Gasteiger partial charge in [-0.3, -0.25) is 9.59 Å². The first-order valence-electron chi connectivity index (χ1n) is 8.17. The number of carbonyl (C=O) groups excluding carboxylic acids is 1. The first kappa shape index (κ1) is 19.5. The lowest BCUT2D eigenvalue weighted by Crippen LogP contribution is -2.39. The lowest BCUT2D eigenvalue weighted by atomic mass is 9.93. The molecule has 1 atom stereocenters. The standard InChI is InChI=1S/C16H24N2O6S/c1-11-14(25(22,23)17(2)3)9-13(24-11)16(21)18-8-4-5-12(10-18)6-7-15(19)20/h9,12H,4-8,10H2,1-3H3,(H,19,20). The van der Waals surface area contributed by atoms with Gasteiger partial charge in [0.1, 0.15) is 10.7 Å². The highest BCUT2D eigenvalue weighted by Gasteiger charge is 2.30. The summed E-state index contributed by atoms with van der Waals surface area (Å²) in [7, 11) is -0.841. The average Bonchev–Trinajstić information content (AvgIpc) is 2.95. The molecule has 0 bridgehead atoms. The first-order chi connectivity index (χ1) is 11.6. The van der Waals surface area contributed by atoms with E-state index in [1.807, 2.05) is 0 Å². The highest BCUT2D eigenvalue weighted by Crippen LogP contribution is 2.26. The number of hydrogen-bond acceptors (Lipinski definition) is 5. The van der Waals surface area contributed by atoms with E-state index in [-0.39, 0.29) is 34.7 Å². The van der Waals surface area contributed by atoms with E-state index in [1.54, 1.807) is 4.90 Å². The maximum atomic E-state index is 12.7. The molecule has 8 nitrogen and oxygen atoms in total. The molecule has 1 aromatic rings. The van der Waals surface area contributed by atoms with E-state index in [0.29, 0.717) is 19.5 Å². The molecule has 2 rings (SSSR count). The first-order valence-corrected chi connectivity index (χ1v) is 9.61. The van der Waals surface area contributed by atoms with E-state index in [9.17, 15) is 18.0 Å². The number of rotatable bonds is 6. The van der Waals surface area contributed by atoms with Gasteiger partial charge in [-0.2, -0.15) is 0 Å². The van der Waals surface area contributed by atoms with Crippen LogP contribution in [0.3, 0.4) is 0 Å². The maximum absolute atomic E-state index is 12.7. The van der Waals surface area contributed by atoms with E-state index in [2.05, 4.69) is 0 Å². The van der Waals surface area contributed by atoms with Crippen LogP contribution in [0.15, 0.2) is 15.4 Å². The minimum atomic E-state index is -3.68. The summed E-state index contributed by atoms with van der Waals surface area (Å²) in [5.41, 5.74) is 0. The van der Waals surface area contributed by atoms with Crippen LogP contribution in [0.5, 0.6) is 0 Å². The van der Waals surface area contributed by atoms with Gasteiger partial charge >= 0.3 is 5.97 Å². The lowest BCUT2D eigenvalue weighted by Gasteiger charge is -2.32. The van der Waals surface area contributed by atoms with E-state index in [1.165, 1.54) is 27.1 Å². The molecule has 0 saturated carbocycles. The van der Waals surface area contributed by atoms with E-state index in [4.69, 9.17) is 9.52 Å². The smallest absolute Gasteiger partial charge is 0.303 e. The third-order valence-corrected chi connectivity index (χ3v) is 6.34. The Morgan fingerprint density at radius 2 is 2.08 bits per heavy atom. The van der Waals surface area contributed by atoms with Crippen molar-refractivity contribution in [1.29, 1.82) is 0 Å². The molecule has 1 fully saturated rings. The Labute approximate surface area is 147 Å². The number of carboxylic acid groups (broad SMARTS) is 1. The Morgan fingerprint density at radius 3 is 2.68 bits per heavy atom. The molecule has 1 aliphatic rings. The number of aliphatic carboxylic acids is 1. The number of nitrogens with zero attached hydrogens (tertiary/aromatic N) is 2. The van der Waals surface area contributed by atoms with Crippen molar-refractivity contribution in [3.05, 3.63) is 17.6 Å². The van der Waals surface area contributed by atoms with Gasteiger partial charge in [0.2, 0.25) is 10.0 Å². The van der Waals surface area contributed by atoms with Crippen LogP contribution < -0.4 is 0 Å². The van der Waals surface area contributed by atoms with E-state index >= 15 is 0 Å². The zero-order chi connectivity index (χ0) is 18.8. The second kappa shape index (κ2) is 7.57. The summed E-state index contributed by atoms with van der Waals surface area (Å²) in [6.45, 7) is 2.53. The number of furan rings is 1. The molecule has 1 amide bonds. The average molecular weight is 372 g/mol. The second-order valence-electron chi connectivity index (χ2n) is 6.51. The number of likely N-dealkylation sites (tertiary alicyclic amines) is 1. The Kier molecular flexibility index (Phi) is 5.89. The molecule has 9 heteroatoms. The summed E-state index contributed by atoms with van der Waals surface area (Å²) >= 11 is 0. The fourth-order valence-corrected chi connectivity index (χ4v) is 4.05. The molecule has 1 unspecified atom stereocenters. The number of carboxylic acids is 1. The molecule has 0 radical (unpaired) electrons. The van der Waals surface area contributed by atoms with Gasteiger partial charge in [0.25, 0.3) is 5.91 Å². The molecule has 0 aliphatic carbocycles. The summed E-state index contributed by atoms with van der Waals surface area (Å²) in [6, 6.07) is 1.27. The van der Waals surface area contributed by atoms with Crippen LogP contribution in [0, 0.1) is 12.8 Å². The Morgan fingerprint density at radius 1 is 1.40 bits per heavy atom. The van der Waals surface area contributed by atoms with Crippen LogP contribution in [-0.2, 0) is 14.8 Å². The van der Waals surface area contributed by atoms with Gasteiger partial charge < -0.3 is 14.4 Å². The quantitative estimate of drug-likeness (QED) is 0.812. The summed E-state index contributed by atoms with van der Waals surface area (Å²) < 4.78 is 31.0. The van der Waals surface area contributed by atoms with Crippen LogP contribution in [0.4, 0.5) is 0 Å². The molecule has 0 spiro atoms. The SMILES string of the molecule is Cc1oc(C(=O)N2CCCC(CCC(=O)O)C2)cc1S(=O)(=O)N(C)C. The largest absolute Gasteiger partial charge is 0.481 e. The van der Waals surface area contributed by atoms with Crippen molar-refractivity contribution in [2.24, 2.45) is 5.92 Å². The number of piperidine rings is 1. The topological polar surface area (TPSA) is 108 Å². The summed E-state index contributed by atoms with van der Waals surface area (Å²) in [6.07, 6.45) is 2.28. The minimum absolute atomic E-state index is 0.00295. The zero-order valence-electron chi connectivity index (χ0n) is 14.7. The summed E-state index contributed by atoms with van der Waals surface area (Å²) in [4.78, 5) is 25.0. The molecule has 140 valence electrons. The fraction of sp³-hybridized carbons (Fsp3) is 0.625. The van der Waals surface area contributed by atoms with Crippen LogP contribution in [0.2, 0.25) is 0 Å². The van der Waals surface area contributed by atoms with Gasteiger partial charge in [-0.15, -0.1) is 0 Å². The third-order valence-electron chi connectivity index (χ3n) is 4.41. The van der Waals surface area contributed by atoms with Gasteiger partial charge in [0, 0.05) is 39.7 Å². The highest BCUT2D eigenvalue weighted by molar-refractivity contribution is 7.89. The van der Waals surface area contributed by atoms with E-state index < -0.39 is 16.0 Å². The molecular weight excluding hydrogens is 348 g/mol. The van der Waals surface area contributed by atoms with Crippen molar-refractivity contribution in [3.63, 3.8) is 0 Å². The molecule has 2 heterocycles. The molecule has 1 aliphatic heterocycles. The molecule has 25 heavy (non-hydrogen) atoms. The third kappa shape index (κ3) is 4.40. The highest BCUT2D eigenvalue weighted by atomic mass is 32.2. The van der Waals surface area contributed by atoms with Crippen LogP contribution in [0.25, 0.3) is 0 Å². The second-order valence-corrected chi connectivity index (χ2v) is 8.63. The van der Waals surface area contributed by atoms with Crippen LogP contribution in [-0.4, -0.2) is 61.8 Å². The number of carbonyl (C=O) groups is 2. The number of amides is 1. The number of hydrogen-bond donors (Lipinski definition) is 1. The molecule has 1 saturated heterocycles. The van der Waals surface area contributed by atoms with Gasteiger partial charge in [-0.05, 0) is 32.1 Å². The van der Waals surface area contributed by atoms with Crippen molar-refractivity contribution in [3.8, 4) is 0 Å². The predicted octanol–water partition coefficient (Wildman–Crippen LogP) is 1.56. The van der Waals surface area contributed by atoms with Crippen molar-refractivity contribution in [1.82, 2.24) is 9.21 Å². The van der Waals surface area contributed by atoms with Gasteiger partial charge in [0.05, 0.1) is 0 Å². The summed E-state index contributed by atoms with van der Waals surface area (Å²) in [5, 5.41) is 8.80. The number of aryl methyl sites for hydroxylation is 1. The maximum Gasteiger partial charge on any atom is 0.303 e. The van der Waals surface area contributed by atoms with Crippen LogP contribution >= 0.6 is 0 Å². The molecule has 0 aromatic carbocycles. The zero-order valence-corrected chi connectivity index (χ0v) is 15.5. The van der Waals surface area contributed by atoms with Crippen molar-refractivity contribution in [2.75, 3.05) is 27.2 Å². The van der Waals surface area contributed by atoms with Crippen molar-refractivity contribution >= 4 is 21.9 Å². The van der Waals surface area contributed by atoms with Gasteiger partial charge in [-0.1, -0.05) is 0 Å². The lowest BCUT2D eigenvalue weighted by molar-refractivity contribution is -0.137. The molecule has 1 N–H and O–H groups in total. The Hall–Kier alpha value is -1.87. The fourth-order valence-electron chi connectivity index (χ4n) is 2.99. The van der Waals surface area contributed by atoms with E-state index in [0.717, 1.165) is 17.1 Å². The Balaban J connectivity index is 2.14. The van der Waals surface area contributed by atoms with Gasteiger partial charge in [0.15, 0.2) is 5.76 Å². The summed E-state index contributed by atoms with van der Waals surface area (Å²) in [5.74, 6) is -0.893. The predicted molar refractivity (Wildman–Crippen MR) is 89.8 cm³/mol. The van der Waals surface area contributed by atoms with Crippen LogP contribution in [0.1, 0.15) is 42.0 Å². The normalized spacial score (nSPS) is 18.6. The minimum Gasteiger partial charge on any atom is -0.481 e. The van der Waals surface area contributed by atoms with Crippen molar-refractivity contribution < 1.29 is 27.5 Å². The van der Waals surface area contributed by atoms with Gasteiger partial charge in [-0.25, -0.2) is 12.7 Å². The Bertz CT molecular complexity index is 753.